The number of hydrogen-bond donors (Lipinski definition) is 1. The van der Waals surface area contributed by atoms with Gasteiger partial charge in [-0.3, -0.25) is 4.98 Å². The summed E-state index contributed by atoms with van der Waals surface area (Å²) in [5.41, 5.74) is 1.10. The molecule has 2 atom stereocenters. The van der Waals surface area contributed by atoms with Gasteiger partial charge >= 0.3 is 6.03 Å². The summed E-state index contributed by atoms with van der Waals surface area (Å²) in [6.45, 7) is 0.618. The van der Waals surface area contributed by atoms with Crippen molar-refractivity contribution in [2.75, 3.05) is 13.3 Å². The summed E-state index contributed by atoms with van der Waals surface area (Å²) in [4.78, 5) is 17.8. The Hall–Kier alpha value is -1.23. The van der Waals surface area contributed by atoms with E-state index in [9.17, 15) is 4.79 Å². The van der Waals surface area contributed by atoms with Gasteiger partial charge in [0.15, 0.2) is 0 Å². The number of amides is 2. The lowest BCUT2D eigenvalue weighted by Gasteiger charge is -2.21. The van der Waals surface area contributed by atoms with Gasteiger partial charge in [0.1, 0.15) is 0 Å². The van der Waals surface area contributed by atoms with Gasteiger partial charge in [0.25, 0.3) is 0 Å². The van der Waals surface area contributed by atoms with E-state index in [4.69, 9.17) is 0 Å². The van der Waals surface area contributed by atoms with Crippen LogP contribution in [0.4, 0.5) is 4.79 Å². The molecular formula is C14H21N3OS. The van der Waals surface area contributed by atoms with Gasteiger partial charge in [0.05, 0.1) is 0 Å². The quantitative estimate of drug-likeness (QED) is 0.921. The van der Waals surface area contributed by atoms with Gasteiger partial charge in [-0.05, 0) is 43.2 Å². The molecule has 1 N–H and O–H groups in total. The first-order valence-electron chi connectivity index (χ1n) is 6.62. The van der Waals surface area contributed by atoms with Crippen LogP contribution in [-0.2, 0) is 6.54 Å². The topological polar surface area (TPSA) is 45.2 Å². The van der Waals surface area contributed by atoms with E-state index in [1.165, 1.54) is 6.42 Å². The van der Waals surface area contributed by atoms with Crippen LogP contribution in [0.3, 0.4) is 0 Å². The lowest BCUT2D eigenvalue weighted by molar-refractivity contribution is 0.203. The first kappa shape index (κ1) is 14.2. The van der Waals surface area contributed by atoms with Crippen molar-refractivity contribution in [2.24, 2.45) is 0 Å². The van der Waals surface area contributed by atoms with Crippen molar-refractivity contribution in [3.05, 3.63) is 30.1 Å². The minimum atomic E-state index is 0.0172. The van der Waals surface area contributed by atoms with E-state index in [0.717, 1.165) is 18.4 Å². The number of aromatic nitrogens is 1. The van der Waals surface area contributed by atoms with Crippen molar-refractivity contribution < 1.29 is 4.79 Å². The predicted octanol–water partition coefficient (Wildman–Crippen LogP) is 2.51. The number of hydrogen-bond acceptors (Lipinski definition) is 3. The van der Waals surface area contributed by atoms with Crippen molar-refractivity contribution >= 4 is 17.8 Å². The molecule has 104 valence electrons. The van der Waals surface area contributed by atoms with Crippen LogP contribution in [0, 0.1) is 0 Å². The summed E-state index contributed by atoms with van der Waals surface area (Å²) in [5, 5.41) is 3.83. The molecule has 2 unspecified atom stereocenters. The molecule has 1 saturated carbocycles. The SMILES string of the molecule is CSC1CCC(NC(=O)N(C)Cc2ccncc2)C1. The summed E-state index contributed by atoms with van der Waals surface area (Å²) in [6.07, 6.45) is 9.04. The fourth-order valence-electron chi connectivity index (χ4n) is 2.40. The van der Waals surface area contributed by atoms with Crippen LogP contribution in [0.2, 0.25) is 0 Å². The highest BCUT2D eigenvalue weighted by molar-refractivity contribution is 7.99. The second kappa shape index (κ2) is 6.80. The molecule has 4 nitrogen and oxygen atoms in total. The molecule has 0 aliphatic heterocycles. The normalized spacial score (nSPS) is 22.2. The Bertz CT molecular complexity index is 412. The van der Waals surface area contributed by atoms with Gasteiger partial charge in [-0.2, -0.15) is 11.8 Å². The molecule has 19 heavy (non-hydrogen) atoms. The predicted molar refractivity (Wildman–Crippen MR) is 79.2 cm³/mol. The van der Waals surface area contributed by atoms with E-state index in [1.54, 1.807) is 17.3 Å². The molecule has 2 amide bonds. The first-order valence-corrected chi connectivity index (χ1v) is 7.91. The average molecular weight is 279 g/mol. The minimum absolute atomic E-state index is 0.0172. The van der Waals surface area contributed by atoms with E-state index in [1.807, 2.05) is 30.9 Å². The summed E-state index contributed by atoms with van der Waals surface area (Å²) >= 11 is 1.90. The third-order valence-corrected chi connectivity index (χ3v) is 4.66. The monoisotopic (exact) mass is 279 g/mol. The highest BCUT2D eigenvalue weighted by atomic mass is 32.2. The molecule has 1 aromatic heterocycles. The van der Waals surface area contributed by atoms with Crippen molar-refractivity contribution in [3.63, 3.8) is 0 Å². The van der Waals surface area contributed by atoms with Crippen LogP contribution in [0.1, 0.15) is 24.8 Å². The van der Waals surface area contributed by atoms with E-state index >= 15 is 0 Å². The van der Waals surface area contributed by atoms with E-state index in [0.29, 0.717) is 17.8 Å². The van der Waals surface area contributed by atoms with Gasteiger partial charge in [-0.1, -0.05) is 0 Å². The van der Waals surface area contributed by atoms with Crippen molar-refractivity contribution in [1.82, 2.24) is 15.2 Å². The van der Waals surface area contributed by atoms with Crippen LogP contribution >= 0.6 is 11.8 Å². The number of carbonyl (C=O) groups is 1. The fraction of sp³-hybridized carbons (Fsp3) is 0.571. The Morgan fingerprint density at radius 3 is 2.84 bits per heavy atom. The second-order valence-corrected chi connectivity index (χ2v) is 6.17. The molecule has 1 heterocycles. The number of rotatable bonds is 4. The van der Waals surface area contributed by atoms with Gasteiger partial charge < -0.3 is 10.2 Å². The standard InChI is InChI=1S/C14H21N3OS/c1-17(10-11-5-7-15-8-6-11)14(18)16-12-3-4-13(9-12)19-2/h5-8,12-13H,3-4,9-10H2,1-2H3,(H,16,18). The lowest BCUT2D eigenvalue weighted by Crippen LogP contribution is -2.41. The molecule has 2 rings (SSSR count). The zero-order chi connectivity index (χ0) is 13.7. The maximum Gasteiger partial charge on any atom is 0.317 e. The molecule has 1 aliphatic rings. The highest BCUT2D eigenvalue weighted by Crippen LogP contribution is 2.28. The fourth-order valence-corrected chi connectivity index (χ4v) is 3.20. The average Bonchev–Trinajstić information content (AvgIpc) is 2.87. The molecule has 0 aromatic carbocycles. The Labute approximate surface area is 119 Å². The van der Waals surface area contributed by atoms with Gasteiger partial charge in [-0.25, -0.2) is 4.79 Å². The molecular weight excluding hydrogens is 258 g/mol. The van der Waals surface area contributed by atoms with Crippen molar-refractivity contribution in [3.8, 4) is 0 Å². The van der Waals surface area contributed by atoms with Crippen molar-refractivity contribution in [1.29, 1.82) is 0 Å². The van der Waals surface area contributed by atoms with Crippen LogP contribution in [0.25, 0.3) is 0 Å². The number of nitrogens with zero attached hydrogens (tertiary/aromatic N) is 2. The van der Waals surface area contributed by atoms with Crippen LogP contribution in [0.5, 0.6) is 0 Å². The van der Waals surface area contributed by atoms with Crippen LogP contribution in [0.15, 0.2) is 24.5 Å². The molecule has 0 saturated heterocycles. The Balaban J connectivity index is 1.80. The molecule has 5 heteroatoms. The van der Waals surface area contributed by atoms with Crippen LogP contribution in [-0.4, -0.2) is 40.5 Å². The second-order valence-electron chi connectivity index (χ2n) is 5.03. The molecule has 1 aromatic rings. The van der Waals surface area contributed by atoms with Gasteiger partial charge in [0.2, 0.25) is 0 Å². The summed E-state index contributed by atoms with van der Waals surface area (Å²) in [7, 11) is 1.83. The van der Waals surface area contributed by atoms with Crippen LogP contribution < -0.4 is 5.32 Å². The number of carbonyl (C=O) groups excluding carboxylic acids is 1. The van der Waals surface area contributed by atoms with Gasteiger partial charge in [0, 0.05) is 37.3 Å². The van der Waals surface area contributed by atoms with Gasteiger partial charge in [-0.15, -0.1) is 0 Å². The molecule has 0 bridgehead atoms. The summed E-state index contributed by atoms with van der Waals surface area (Å²) in [5.74, 6) is 0. The maximum atomic E-state index is 12.1. The number of nitrogens with one attached hydrogen (secondary N) is 1. The Kier molecular flexibility index (Phi) is 5.07. The van der Waals surface area contributed by atoms with Crippen molar-refractivity contribution in [2.45, 2.75) is 37.1 Å². The molecule has 1 aliphatic carbocycles. The van der Waals surface area contributed by atoms with E-state index in [-0.39, 0.29) is 6.03 Å². The summed E-state index contributed by atoms with van der Waals surface area (Å²) < 4.78 is 0. The number of urea groups is 1. The number of thioether (sulfide) groups is 1. The van der Waals surface area contributed by atoms with E-state index < -0.39 is 0 Å². The minimum Gasteiger partial charge on any atom is -0.335 e. The largest absolute Gasteiger partial charge is 0.335 e. The third-order valence-electron chi connectivity index (χ3n) is 3.56. The molecule has 0 spiro atoms. The Morgan fingerprint density at radius 1 is 1.47 bits per heavy atom. The smallest absolute Gasteiger partial charge is 0.317 e. The molecule has 1 fully saturated rings. The maximum absolute atomic E-state index is 12.1. The van der Waals surface area contributed by atoms with E-state index in [2.05, 4.69) is 16.6 Å². The zero-order valence-electron chi connectivity index (χ0n) is 11.5. The zero-order valence-corrected chi connectivity index (χ0v) is 12.3. The summed E-state index contributed by atoms with van der Waals surface area (Å²) in [6, 6.07) is 4.22. The third kappa shape index (κ3) is 4.13. The highest BCUT2D eigenvalue weighted by Gasteiger charge is 2.25. The lowest BCUT2D eigenvalue weighted by atomic mass is 10.2. The number of pyridine rings is 1. The Morgan fingerprint density at radius 2 is 2.21 bits per heavy atom. The molecule has 0 radical (unpaired) electrons. The first-order chi connectivity index (χ1) is 9.19.